The number of nitrogens with zero attached hydrogens (tertiary/aromatic N) is 2. The van der Waals surface area contributed by atoms with Crippen molar-refractivity contribution in [1.82, 2.24) is 9.97 Å². The SMILES string of the molecule is CC[C@H](Sc1nc(C)cc(N)n1)C(=O)OC. The number of methoxy groups -OCH3 is 1. The van der Waals surface area contributed by atoms with Crippen LogP contribution in [0.25, 0.3) is 0 Å². The molecule has 0 spiro atoms. The van der Waals surface area contributed by atoms with Crippen molar-refractivity contribution in [2.24, 2.45) is 0 Å². The first-order valence-corrected chi connectivity index (χ1v) is 5.80. The Hall–Kier alpha value is -1.30. The molecular weight excluding hydrogens is 226 g/mol. The molecule has 0 aliphatic heterocycles. The number of rotatable bonds is 4. The maximum atomic E-state index is 11.4. The van der Waals surface area contributed by atoms with E-state index in [1.54, 1.807) is 6.07 Å². The van der Waals surface area contributed by atoms with Crippen LogP contribution in [0.3, 0.4) is 0 Å². The van der Waals surface area contributed by atoms with Crippen LogP contribution in [0.1, 0.15) is 19.0 Å². The van der Waals surface area contributed by atoms with Gasteiger partial charge in [0.1, 0.15) is 11.1 Å². The number of aryl methyl sites for hydroxylation is 1. The third-order valence-corrected chi connectivity index (χ3v) is 3.14. The van der Waals surface area contributed by atoms with Crippen LogP contribution >= 0.6 is 11.8 Å². The van der Waals surface area contributed by atoms with Gasteiger partial charge in [-0.1, -0.05) is 18.7 Å². The maximum Gasteiger partial charge on any atom is 0.319 e. The van der Waals surface area contributed by atoms with Gasteiger partial charge in [0.05, 0.1) is 7.11 Å². The molecule has 0 aliphatic carbocycles. The molecule has 1 rings (SSSR count). The first kappa shape index (κ1) is 12.8. The Kier molecular flexibility index (Phi) is 4.54. The maximum absolute atomic E-state index is 11.4. The number of hydrogen-bond donors (Lipinski definition) is 1. The number of hydrogen-bond acceptors (Lipinski definition) is 6. The van der Waals surface area contributed by atoms with Gasteiger partial charge in [-0.05, 0) is 13.3 Å². The number of nitrogen functional groups attached to an aromatic ring is 1. The number of nitrogens with two attached hydrogens (primary N) is 1. The third kappa shape index (κ3) is 3.37. The van der Waals surface area contributed by atoms with E-state index in [1.807, 2.05) is 13.8 Å². The second kappa shape index (κ2) is 5.69. The van der Waals surface area contributed by atoms with E-state index in [-0.39, 0.29) is 11.2 Å². The third-order valence-electron chi connectivity index (χ3n) is 1.94. The molecule has 0 amide bonds. The molecule has 1 aromatic heterocycles. The molecule has 0 fully saturated rings. The van der Waals surface area contributed by atoms with E-state index in [4.69, 9.17) is 5.73 Å². The van der Waals surface area contributed by atoms with Gasteiger partial charge in [-0.25, -0.2) is 9.97 Å². The quantitative estimate of drug-likeness (QED) is 0.488. The lowest BCUT2D eigenvalue weighted by Gasteiger charge is -2.11. The minimum absolute atomic E-state index is 0.267. The van der Waals surface area contributed by atoms with Crippen molar-refractivity contribution in [3.63, 3.8) is 0 Å². The molecule has 1 atom stereocenters. The molecule has 0 saturated carbocycles. The van der Waals surface area contributed by atoms with E-state index in [1.165, 1.54) is 18.9 Å². The monoisotopic (exact) mass is 241 g/mol. The van der Waals surface area contributed by atoms with Gasteiger partial charge in [-0.15, -0.1) is 0 Å². The molecule has 2 N–H and O–H groups in total. The van der Waals surface area contributed by atoms with Crippen LogP contribution in [-0.4, -0.2) is 28.3 Å². The molecule has 16 heavy (non-hydrogen) atoms. The lowest BCUT2D eigenvalue weighted by molar-refractivity contribution is -0.140. The van der Waals surface area contributed by atoms with Crippen molar-refractivity contribution in [3.8, 4) is 0 Å². The lowest BCUT2D eigenvalue weighted by atomic mass is 10.3. The topological polar surface area (TPSA) is 78.1 Å². The van der Waals surface area contributed by atoms with Gasteiger partial charge in [0.25, 0.3) is 0 Å². The summed E-state index contributed by atoms with van der Waals surface area (Å²) in [5.74, 6) is 0.144. The highest BCUT2D eigenvalue weighted by molar-refractivity contribution is 8.00. The van der Waals surface area contributed by atoms with Crippen LogP contribution in [-0.2, 0) is 9.53 Å². The highest BCUT2D eigenvalue weighted by atomic mass is 32.2. The van der Waals surface area contributed by atoms with E-state index in [0.717, 1.165) is 5.69 Å². The second-order valence-corrected chi connectivity index (χ2v) is 4.42. The zero-order chi connectivity index (χ0) is 12.1. The molecule has 0 radical (unpaired) electrons. The summed E-state index contributed by atoms with van der Waals surface area (Å²) >= 11 is 1.27. The molecular formula is C10H15N3O2S. The second-order valence-electron chi connectivity index (χ2n) is 3.25. The minimum atomic E-state index is -0.286. The van der Waals surface area contributed by atoms with Gasteiger partial charge >= 0.3 is 5.97 Å². The smallest absolute Gasteiger partial charge is 0.319 e. The fourth-order valence-electron chi connectivity index (χ4n) is 1.17. The molecule has 0 aromatic carbocycles. The molecule has 1 aromatic rings. The summed E-state index contributed by atoms with van der Waals surface area (Å²) in [6.45, 7) is 3.74. The average Bonchev–Trinajstić information content (AvgIpc) is 2.23. The largest absolute Gasteiger partial charge is 0.468 e. The molecule has 6 heteroatoms. The van der Waals surface area contributed by atoms with Crippen molar-refractivity contribution >= 4 is 23.5 Å². The normalized spacial score (nSPS) is 12.2. The summed E-state index contributed by atoms with van der Waals surface area (Å²) in [6.07, 6.45) is 0.661. The Labute approximate surface area is 98.8 Å². The summed E-state index contributed by atoms with van der Waals surface area (Å²) in [7, 11) is 1.37. The van der Waals surface area contributed by atoms with E-state index >= 15 is 0 Å². The van der Waals surface area contributed by atoms with Crippen LogP contribution in [0, 0.1) is 6.92 Å². The van der Waals surface area contributed by atoms with Gasteiger partial charge in [0.2, 0.25) is 0 Å². The van der Waals surface area contributed by atoms with E-state index in [9.17, 15) is 4.79 Å². The van der Waals surface area contributed by atoms with Gasteiger partial charge in [0.15, 0.2) is 5.16 Å². The number of ether oxygens (including phenoxy) is 1. The lowest BCUT2D eigenvalue weighted by Crippen LogP contribution is -2.18. The zero-order valence-corrected chi connectivity index (χ0v) is 10.4. The fourth-order valence-corrected chi connectivity index (χ4v) is 2.14. The summed E-state index contributed by atoms with van der Waals surface area (Å²) < 4.78 is 4.69. The number of carbonyl (C=O) groups excluding carboxylic acids is 1. The Balaban J connectivity index is 2.81. The number of thioether (sulfide) groups is 1. The summed E-state index contributed by atoms with van der Waals surface area (Å²) in [4.78, 5) is 19.7. The van der Waals surface area contributed by atoms with Gasteiger partial charge in [0, 0.05) is 11.8 Å². The molecule has 88 valence electrons. The van der Waals surface area contributed by atoms with E-state index in [0.29, 0.717) is 17.4 Å². The first-order chi connectivity index (χ1) is 7.56. The zero-order valence-electron chi connectivity index (χ0n) is 9.56. The van der Waals surface area contributed by atoms with Gasteiger partial charge < -0.3 is 10.5 Å². The Morgan fingerprint density at radius 3 is 2.81 bits per heavy atom. The highest BCUT2D eigenvalue weighted by Gasteiger charge is 2.20. The summed E-state index contributed by atoms with van der Waals surface area (Å²) in [5, 5.41) is 0.223. The molecule has 0 aliphatic rings. The Morgan fingerprint density at radius 2 is 2.31 bits per heavy atom. The van der Waals surface area contributed by atoms with Gasteiger partial charge in [-0.2, -0.15) is 0 Å². The van der Waals surface area contributed by atoms with Gasteiger partial charge in [-0.3, -0.25) is 4.79 Å². The number of carbonyl (C=O) groups is 1. The number of aromatic nitrogens is 2. The standard InChI is InChI=1S/C10H15N3O2S/c1-4-7(9(14)15-3)16-10-12-6(2)5-8(11)13-10/h5,7H,4H2,1-3H3,(H2,11,12,13)/t7-/m0/s1. The molecule has 5 nitrogen and oxygen atoms in total. The van der Waals surface area contributed by atoms with Crippen LogP contribution in [0.2, 0.25) is 0 Å². The molecule has 0 unspecified atom stereocenters. The molecule has 0 bridgehead atoms. The Morgan fingerprint density at radius 1 is 1.62 bits per heavy atom. The molecule has 0 saturated heterocycles. The predicted octanol–water partition coefficient (Wildman–Crippen LogP) is 1.41. The van der Waals surface area contributed by atoms with Crippen molar-refractivity contribution < 1.29 is 9.53 Å². The van der Waals surface area contributed by atoms with E-state index < -0.39 is 0 Å². The van der Waals surface area contributed by atoms with Crippen LogP contribution < -0.4 is 5.73 Å². The predicted molar refractivity (Wildman–Crippen MR) is 63.1 cm³/mol. The summed E-state index contributed by atoms with van der Waals surface area (Å²) in [5.41, 5.74) is 6.39. The average molecular weight is 241 g/mol. The van der Waals surface area contributed by atoms with Crippen molar-refractivity contribution in [2.45, 2.75) is 30.7 Å². The van der Waals surface area contributed by atoms with Crippen LogP contribution in [0.4, 0.5) is 5.82 Å². The van der Waals surface area contributed by atoms with E-state index in [2.05, 4.69) is 14.7 Å². The van der Waals surface area contributed by atoms with Crippen molar-refractivity contribution in [2.75, 3.05) is 12.8 Å². The number of esters is 1. The van der Waals surface area contributed by atoms with Crippen molar-refractivity contribution in [3.05, 3.63) is 11.8 Å². The highest BCUT2D eigenvalue weighted by Crippen LogP contribution is 2.23. The van der Waals surface area contributed by atoms with Crippen LogP contribution in [0.15, 0.2) is 11.2 Å². The Bertz CT molecular complexity index is 364. The fraction of sp³-hybridized carbons (Fsp3) is 0.500. The van der Waals surface area contributed by atoms with Crippen molar-refractivity contribution in [1.29, 1.82) is 0 Å². The first-order valence-electron chi connectivity index (χ1n) is 4.92. The number of anilines is 1. The minimum Gasteiger partial charge on any atom is -0.468 e. The van der Waals surface area contributed by atoms with Crippen LogP contribution in [0.5, 0.6) is 0 Å². The molecule has 1 heterocycles. The summed E-state index contributed by atoms with van der Waals surface area (Å²) in [6, 6.07) is 1.68.